The molecule has 0 amide bonds. The first-order valence-corrected chi connectivity index (χ1v) is 8.92. The number of anilines is 1. The lowest BCUT2D eigenvalue weighted by atomic mass is 10.2. The van der Waals surface area contributed by atoms with Gasteiger partial charge in [-0.3, -0.25) is 4.72 Å². The standard InChI is InChI=1S/C10H12FNO6S2/c1-19(15,16)4-5-20(17,18)12-9-6-7(11)2-3-8(9)10(13)14/h2-3,6,12H,4-5H2,1H3,(H,13,14). The van der Waals surface area contributed by atoms with Gasteiger partial charge in [0.05, 0.1) is 22.8 Å². The Morgan fingerprint density at radius 2 is 1.85 bits per heavy atom. The van der Waals surface area contributed by atoms with Crippen molar-refractivity contribution in [2.45, 2.75) is 0 Å². The molecule has 0 fully saturated rings. The van der Waals surface area contributed by atoms with Crippen molar-refractivity contribution in [2.75, 3.05) is 22.5 Å². The first-order chi connectivity index (χ1) is 9.00. The zero-order valence-electron chi connectivity index (χ0n) is 10.3. The molecule has 7 nitrogen and oxygen atoms in total. The van der Waals surface area contributed by atoms with Crippen LogP contribution >= 0.6 is 0 Å². The van der Waals surface area contributed by atoms with Gasteiger partial charge in [-0.05, 0) is 18.2 Å². The normalized spacial score (nSPS) is 12.1. The molecule has 10 heteroatoms. The van der Waals surface area contributed by atoms with E-state index < -0.39 is 54.4 Å². The van der Waals surface area contributed by atoms with Crippen molar-refractivity contribution < 1.29 is 31.1 Å². The molecule has 1 aromatic rings. The van der Waals surface area contributed by atoms with Crippen LogP contribution in [0.15, 0.2) is 18.2 Å². The molecule has 0 unspecified atom stereocenters. The summed E-state index contributed by atoms with van der Waals surface area (Å²) in [4.78, 5) is 10.9. The molecule has 0 aromatic heterocycles. The molecular formula is C10H12FNO6S2. The molecule has 1 rings (SSSR count). The van der Waals surface area contributed by atoms with E-state index in [2.05, 4.69) is 0 Å². The minimum atomic E-state index is -4.10. The summed E-state index contributed by atoms with van der Waals surface area (Å²) < 4.78 is 60.0. The van der Waals surface area contributed by atoms with Crippen molar-refractivity contribution in [2.24, 2.45) is 0 Å². The number of rotatable bonds is 6. The SMILES string of the molecule is CS(=O)(=O)CCS(=O)(=O)Nc1cc(F)ccc1C(=O)O. The zero-order valence-corrected chi connectivity index (χ0v) is 12.0. The number of hydrogen-bond donors (Lipinski definition) is 2. The molecule has 2 N–H and O–H groups in total. The van der Waals surface area contributed by atoms with Crippen molar-refractivity contribution in [1.82, 2.24) is 0 Å². The average Bonchev–Trinajstić information content (AvgIpc) is 2.24. The predicted octanol–water partition coefficient (Wildman–Crippen LogP) is 0.310. The molecule has 0 atom stereocenters. The van der Waals surface area contributed by atoms with Crippen LogP contribution in [0.3, 0.4) is 0 Å². The van der Waals surface area contributed by atoms with Crippen molar-refractivity contribution in [3.05, 3.63) is 29.6 Å². The summed E-state index contributed by atoms with van der Waals surface area (Å²) in [5, 5.41) is 8.86. The van der Waals surface area contributed by atoms with E-state index in [1.165, 1.54) is 0 Å². The largest absolute Gasteiger partial charge is 0.478 e. The molecule has 0 heterocycles. The Hall–Kier alpha value is -1.68. The van der Waals surface area contributed by atoms with Gasteiger partial charge in [0.2, 0.25) is 10.0 Å². The molecule has 0 bridgehead atoms. The number of aromatic carboxylic acids is 1. The van der Waals surface area contributed by atoms with Crippen LogP contribution in [0.5, 0.6) is 0 Å². The minimum Gasteiger partial charge on any atom is -0.478 e. The van der Waals surface area contributed by atoms with Crippen LogP contribution < -0.4 is 4.72 Å². The fraction of sp³-hybridized carbons (Fsp3) is 0.300. The van der Waals surface area contributed by atoms with E-state index in [4.69, 9.17) is 5.11 Å². The van der Waals surface area contributed by atoms with Crippen LogP contribution in [-0.4, -0.2) is 45.7 Å². The quantitative estimate of drug-likeness (QED) is 0.777. The topological polar surface area (TPSA) is 118 Å². The highest BCUT2D eigenvalue weighted by Crippen LogP contribution is 2.18. The van der Waals surface area contributed by atoms with Crippen molar-refractivity contribution in [3.63, 3.8) is 0 Å². The number of halogens is 1. The van der Waals surface area contributed by atoms with E-state index in [9.17, 15) is 26.0 Å². The van der Waals surface area contributed by atoms with E-state index in [-0.39, 0.29) is 0 Å². The maximum atomic E-state index is 13.0. The molecular weight excluding hydrogens is 313 g/mol. The van der Waals surface area contributed by atoms with E-state index in [0.29, 0.717) is 6.07 Å². The second-order valence-electron chi connectivity index (χ2n) is 4.05. The Balaban J connectivity index is 3.03. The third-order valence-electron chi connectivity index (χ3n) is 2.20. The summed E-state index contributed by atoms with van der Waals surface area (Å²) in [5.74, 6) is -3.64. The van der Waals surface area contributed by atoms with Crippen molar-refractivity contribution in [1.29, 1.82) is 0 Å². The molecule has 0 saturated heterocycles. The van der Waals surface area contributed by atoms with Crippen LogP contribution in [0.25, 0.3) is 0 Å². The van der Waals surface area contributed by atoms with E-state index in [1.807, 2.05) is 4.72 Å². The summed E-state index contributed by atoms with van der Waals surface area (Å²) in [5.41, 5.74) is -0.889. The number of benzene rings is 1. The number of sulfonamides is 1. The molecule has 112 valence electrons. The Kier molecular flexibility index (Phi) is 4.71. The molecule has 0 radical (unpaired) electrons. The number of carbonyl (C=O) groups is 1. The van der Waals surface area contributed by atoms with Gasteiger partial charge in [-0.2, -0.15) is 0 Å². The number of hydrogen-bond acceptors (Lipinski definition) is 5. The number of carboxylic acids is 1. The van der Waals surface area contributed by atoms with Gasteiger partial charge in [-0.15, -0.1) is 0 Å². The Morgan fingerprint density at radius 3 is 2.35 bits per heavy atom. The second-order valence-corrected chi connectivity index (χ2v) is 8.15. The van der Waals surface area contributed by atoms with E-state index in [1.54, 1.807) is 0 Å². The molecule has 0 spiro atoms. The monoisotopic (exact) mass is 325 g/mol. The number of carboxylic acid groups (broad SMARTS) is 1. The van der Waals surface area contributed by atoms with Gasteiger partial charge in [-0.25, -0.2) is 26.0 Å². The highest BCUT2D eigenvalue weighted by Gasteiger charge is 2.19. The third-order valence-corrected chi connectivity index (χ3v) is 4.68. The van der Waals surface area contributed by atoms with Gasteiger partial charge >= 0.3 is 5.97 Å². The van der Waals surface area contributed by atoms with Crippen molar-refractivity contribution >= 4 is 31.5 Å². The first kappa shape index (κ1) is 16.4. The summed E-state index contributed by atoms with van der Waals surface area (Å²) in [7, 11) is -7.59. The van der Waals surface area contributed by atoms with Crippen LogP contribution in [0.4, 0.5) is 10.1 Å². The van der Waals surface area contributed by atoms with Gasteiger partial charge < -0.3 is 5.11 Å². The summed E-state index contributed by atoms with van der Waals surface area (Å²) in [6, 6.07) is 2.49. The second kappa shape index (κ2) is 5.75. The van der Waals surface area contributed by atoms with Gasteiger partial charge in [0, 0.05) is 6.26 Å². The third kappa shape index (κ3) is 5.13. The van der Waals surface area contributed by atoms with Crippen molar-refractivity contribution in [3.8, 4) is 0 Å². The van der Waals surface area contributed by atoms with Crippen LogP contribution in [0, 0.1) is 5.82 Å². The molecule has 20 heavy (non-hydrogen) atoms. The lowest BCUT2D eigenvalue weighted by Gasteiger charge is -2.10. The first-order valence-electron chi connectivity index (χ1n) is 5.21. The molecule has 0 aliphatic rings. The van der Waals surface area contributed by atoms with Gasteiger partial charge in [0.15, 0.2) is 0 Å². The lowest BCUT2D eigenvalue weighted by molar-refractivity contribution is 0.0698. The van der Waals surface area contributed by atoms with Gasteiger partial charge in [0.1, 0.15) is 15.7 Å². The number of sulfone groups is 1. The minimum absolute atomic E-state index is 0.436. The molecule has 0 aliphatic carbocycles. The van der Waals surface area contributed by atoms with Gasteiger partial charge in [-0.1, -0.05) is 0 Å². The highest BCUT2D eigenvalue weighted by atomic mass is 32.2. The van der Waals surface area contributed by atoms with E-state index in [0.717, 1.165) is 18.4 Å². The molecule has 0 saturated carbocycles. The maximum Gasteiger partial charge on any atom is 0.337 e. The Morgan fingerprint density at radius 1 is 1.25 bits per heavy atom. The number of nitrogens with one attached hydrogen (secondary N) is 1. The highest BCUT2D eigenvalue weighted by molar-refractivity contribution is 7.95. The van der Waals surface area contributed by atoms with Gasteiger partial charge in [0.25, 0.3) is 0 Å². The maximum absolute atomic E-state index is 13.0. The summed E-state index contributed by atoms with van der Waals surface area (Å²) in [6.07, 6.45) is 0.868. The smallest absolute Gasteiger partial charge is 0.337 e. The Labute approximate surface area is 115 Å². The zero-order chi connectivity index (χ0) is 15.6. The fourth-order valence-electron chi connectivity index (χ4n) is 1.27. The predicted molar refractivity (Wildman–Crippen MR) is 70.5 cm³/mol. The summed E-state index contributed by atoms with van der Waals surface area (Å²) in [6.45, 7) is 0. The fourth-order valence-corrected chi connectivity index (χ4v) is 3.96. The molecule has 0 aliphatic heterocycles. The Bertz CT molecular complexity index is 726. The van der Waals surface area contributed by atoms with Crippen LogP contribution in [0.2, 0.25) is 0 Å². The van der Waals surface area contributed by atoms with Crippen LogP contribution in [0.1, 0.15) is 10.4 Å². The summed E-state index contributed by atoms with van der Waals surface area (Å²) >= 11 is 0. The molecule has 1 aromatic carbocycles. The average molecular weight is 325 g/mol. The van der Waals surface area contributed by atoms with E-state index >= 15 is 0 Å². The lowest BCUT2D eigenvalue weighted by Crippen LogP contribution is -2.23. The van der Waals surface area contributed by atoms with Crippen LogP contribution in [-0.2, 0) is 19.9 Å².